The largest absolute Gasteiger partial charge is 0.508 e. The van der Waals surface area contributed by atoms with Crippen LogP contribution in [-0.2, 0) is 14.4 Å². The van der Waals surface area contributed by atoms with Gasteiger partial charge in [0.15, 0.2) is 0 Å². The van der Waals surface area contributed by atoms with E-state index in [1.54, 1.807) is 0 Å². The van der Waals surface area contributed by atoms with Gasteiger partial charge in [-0.25, -0.2) is 0 Å². The predicted octanol–water partition coefficient (Wildman–Crippen LogP) is -0.526. The van der Waals surface area contributed by atoms with E-state index in [2.05, 4.69) is 10.6 Å². The third-order valence-corrected chi connectivity index (χ3v) is 4.42. The van der Waals surface area contributed by atoms with E-state index in [1.165, 1.54) is 19.1 Å². The van der Waals surface area contributed by atoms with Crippen molar-refractivity contribution < 1.29 is 29.7 Å². The number of nitrogens with one attached hydrogen (secondary N) is 2. The van der Waals surface area contributed by atoms with Crippen molar-refractivity contribution in [1.29, 1.82) is 0 Å². The number of hydrogen-bond acceptors (Lipinski definition) is 6. The summed E-state index contributed by atoms with van der Waals surface area (Å²) in [7, 11) is 0. The Morgan fingerprint density at radius 3 is 2.50 bits per heavy atom. The highest BCUT2D eigenvalue weighted by atomic mass is 16.4. The number of benzene rings is 1. The van der Waals surface area contributed by atoms with E-state index in [0.29, 0.717) is 0 Å². The number of aliphatic carboxylic acids is 1. The zero-order chi connectivity index (χ0) is 16.2. The summed E-state index contributed by atoms with van der Waals surface area (Å²) in [5.41, 5.74) is -1.38. The maximum atomic E-state index is 12.0. The van der Waals surface area contributed by atoms with Gasteiger partial charge in [-0.2, -0.15) is 0 Å². The van der Waals surface area contributed by atoms with E-state index in [9.17, 15) is 29.7 Å². The lowest BCUT2D eigenvalue weighted by molar-refractivity contribution is -0.148. The zero-order valence-electron chi connectivity index (χ0n) is 11.5. The van der Waals surface area contributed by atoms with Crippen LogP contribution in [0.15, 0.2) is 18.2 Å². The van der Waals surface area contributed by atoms with Crippen LogP contribution in [-0.4, -0.2) is 38.6 Å². The molecule has 2 fully saturated rings. The fourth-order valence-corrected chi connectivity index (χ4v) is 3.33. The number of carbonyl (C=O) groups is 3. The van der Waals surface area contributed by atoms with Crippen molar-refractivity contribution >= 4 is 17.8 Å². The number of rotatable bonds is 2. The van der Waals surface area contributed by atoms with Gasteiger partial charge in [-0.1, -0.05) is 6.07 Å². The number of imide groups is 1. The average Bonchev–Trinajstić information content (AvgIpc) is 2.88. The molecule has 4 atom stereocenters. The first-order chi connectivity index (χ1) is 10.3. The van der Waals surface area contributed by atoms with E-state index >= 15 is 0 Å². The van der Waals surface area contributed by atoms with Crippen LogP contribution in [0.1, 0.15) is 18.5 Å². The standard InChI is InChI=1S/C14H14N2O6/c1-14(13(21)22)9-8(11(19)15-12(9)20)10(16-14)6-3-2-5(17)4-7(6)18/h2-4,8-10,16-18H,1H3,(H,21,22)(H,15,19,20)/t8-,9-,10-,14+/m1/s1. The number of phenols is 2. The highest BCUT2D eigenvalue weighted by molar-refractivity contribution is 6.09. The lowest BCUT2D eigenvalue weighted by Crippen LogP contribution is -2.52. The molecule has 116 valence electrons. The summed E-state index contributed by atoms with van der Waals surface area (Å²) >= 11 is 0. The summed E-state index contributed by atoms with van der Waals surface area (Å²) in [5.74, 6) is -4.94. The Kier molecular flexibility index (Phi) is 2.89. The van der Waals surface area contributed by atoms with Gasteiger partial charge in [0, 0.05) is 17.7 Å². The molecular formula is C14H14N2O6. The van der Waals surface area contributed by atoms with Gasteiger partial charge in [0.25, 0.3) is 0 Å². The number of amides is 2. The van der Waals surface area contributed by atoms with Crippen LogP contribution < -0.4 is 10.6 Å². The van der Waals surface area contributed by atoms with E-state index < -0.39 is 41.2 Å². The molecule has 0 spiro atoms. The summed E-state index contributed by atoms with van der Waals surface area (Å²) in [6.07, 6.45) is 0. The molecule has 2 aliphatic rings. The number of fused-ring (bicyclic) bond motifs is 1. The molecule has 2 amide bonds. The van der Waals surface area contributed by atoms with Gasteiger partial charge in [-0.15, -0.1) is 0 Å². The fourth-order valence-electron chi connectivity index (χ4n) is 3.33. The van der Waals surface area contributed by atoms with Gasteiger partial charge >= 0.3 is 5.97 Å². The minimum Gasteiger partial charge on any atom is -0.508 e. The van der Waals surface area contributed by atoms with Crippen molar-refractivity contribution in [3.8, 4) is 11.5 Å². The van der Waals surface area contributed by atoms with Crippen molar-refractivity contribution in [2.45, 2.75) is 18.5 Å². The summed E-state index contributed by atoms with van der Waals surface area (Å²) < 4.78 is 0. The molecule has 0 saturated carbocycles. The number of carboxylic acids is 1. The molecule has 5 N–H and O–H groups in total. The molecule has 1 aromatic rings. The monoisotopic (exact) mass is 306 g/mol. The molecule has 0 radical (unpaired) electrons. The molecule has 2 saturated heterocycles. The van der Waals surface area contributed by atoms with Gasteiger partial charge < -0.3 is 15.3 Å². The van der Waals surface area contributed by atoms with E-state index in [4.69, 9.17) is 0 Å². The second-order valence-corrected chi connectivity index (χ2v) is 5.73. The molecule has 0 bridgehead atoms. The first kappa shape index (κ1) is 14.3. The second kappa shape index (κ2) is 4.44. The molecule has 8 nitrogen and oxygen atoms in total. The molecule has 3 rings (SSSR count). The SMILES string of the molecule is C[C@]1(C(=O)O)N[C@H](c2ccc(O)cc2O)[C@@H]2C(=O)NC(=O)[C@@H]21. The van der Waals surface area contributed by atoms with Crippen LogP contribution in [0.5, 0.6) is 11.5 Å². The van der Waals surface area contributed by atoms with Crippen LogP contribution in [0.3, 0.4) is 0 Å². The molecule has 2 aliphatic heterocycles. The Morgan fingerprint density at radius 2 is 1.91 bits per heavy atom. The smallest absolute Gasteiger partial charge is 0.324 e. The number of carboxylic acid groups (broad SMARTS) is 1. The van der Waals surface area contributed by atoms with E-state index in [1.807, 2.05) is 0 Å². The molecule has 8 heteroatoms. The lowest BCUT2D eigenvalue weighted by atomic mass is 9.80. The zero-order valence-corrected chi connectivity index (χ0v) is 11.5. The summed E-state index contributed by atoms with van der Waals surface area (Å²) in [4.78, 5) is 35.6. The summed E-state index contributed by atoms with van der Waals surface area (Å²) in [5, 5.41) is 33.7. The minimum atomic E-state index is -1.63. The number of hydrogen-bond donors (Lipinski definition) is 5. The van der Waals surface area contributed by atoms with Crippen molar-refractivity contribution in [3.63, 3.8) is 0 Å². The maximum Gasteiger partial charge on any atom is 0.324 e. The summed E-state index contributed by atoms with van der Waals surface area (Å²) in [6.45, 7) is 1.34. The quantitative estimate of drug-likeness (QED) is 0.463. The Morgan fingerprint density at radius 1 is 1.23 bits per heavy atom. The molecule has 22 heavy (non-hydrogen) atoms. The third kappa shape index (κ3) is 1.77. The fraction of sp³-hybridized carbons (Fsp3) is 0.357. The highest BCUT2D eigenvalue weighted by Crippen LogP contribution is 2.48. The Labute approximate surface area is 124 Å². The normalized spacial score (nSPS) is 33.6. The molecule has 1 aromatic carbocycles. The van der Waals surface area contributed by atoms with Crippen LogP contribution in [0, 0.1) is 11.8 Å². The Balaban J connectivity index is 2.11. The van der Waals surface area contributed by atoms with Crippen LogP contribution >= 0.6 is 0 Å². The summed E-state index contributed by atoms with van der Waals surface area (Å²) in [6, 6.07) is 2.95. The van der Waals surface area contributed by atoms with E-state index in [0.717, 1.165) is 6.07 Å². The molecule has 0 aromatic heterocycles. The van der Waals surface area contributed by atoms with Crippen molar-refractivity contribution in [2.24, 2.45) is 11.8 Å². The van der Waals surface area contributed by atoms with E-state index in [-0.39, 0.29) is 17.1 Å². The van der Waals surface area contributed by atoms with Gasteiger partial charge in [-0.05, 0) is 13.0 Å². The molecular weight excluding hydrogens is 292 g/mol. The number of phenolic OH excluding ortho intramolecular Hbond substituents is 2. The first-order valence-electron chi connectivity index (χ1n) is 6.63. The van der Waals surface area contributed by atoms with Crippen molar-refractivity contribution in [3.05, 3.63) is 23.8 Å². The number of aromatic hydroxyl groups is 2. The maximum absolute atomic E-state index is 12.0. The Hall–Kier alpha value is -2.61. The predicted molar refractivity (Wildman–Crippen MR) is 71.8 cm³/mol. The van der Waals surface area contributed by atoms with Gasteiger partial charge in [0.1, 0.15) is 17.0 Å². The van der Waals surface area contributed by atoms with Gasteiger partial charge in [0.2, 0.25) is 11.8 Å². The molecule has 0 unspecified atom stereocenters. The number of carbonyl (C=O) groups excluding carboxylic acids is 2. The van der Waals surface area contributed by atoms with Crippen LogP contribution in [0.4, 0.5) is 0 Å². The minimum absolute atomic E-state index is 0.163. The van der Waals surface area contributed by atoms with Crippen molar-refractivity contribution in [1.82, 2.24) is 10.6 Å². The third-order valence-electron chi connectivity index (χ3n) is 4.42. The van der Waals surface area contributed by atoms with Crippen LogP contribution in [0.2, 0.25) is 0 Å². The van der Waals surface area contributed by atoms with Gasteiger partial charge in [0.05, 0.1) is 11.8 Å². The lowest BCUT2D eigenvalue weighted by Gasteiger charge is -2.25. The Bertz CT molecular complexity index is 703. The highest BCUT2D eigenvalue weighted by Gasteiger charge is 2.64. The van der Waals surface area contributed by atoms with Crippen LogP contribution in [0.25, 0.3) is 0 Å². The van der Waals surface area contributed by atoms with Gasteiger partial charge in [-0.3, -0.25) is 25.0 Å². The topological polar surface area (TPSA) is 136 Å². The van der Waals surface area contributed by atoms with Crippen molar-refractivity contribution in [2.75, 3.05) is 0 Å². The second-order valence-electron chi connectivity index (χ2n) is 5.73. The molecule has 2 heterocycles. The molecule has 0 aliphatic carbocycles. The average molecular weight is 306 g/mol. The first-order valence-corrected chi connectivity index (χ1v) is 6.63.